The van der Waals surface area contributed by atoms with Crippen molar-refractivity contribution in [3.8, 4) is 0 Å². The number of benzene rings is 1. The second-order valence-corrected chi connectivity index (χ2v) is 7.23. The van der Waals surface area contributed by atoms with Crippen molar-refractivity contribution in [1.82, 2.24) is 19.6 Å². The van der Waals surface area contributed by atoms with Crippen molar-refractivity contribution in [2.24, 2.45) is 7.05 Å². The Morgan fingerprint density at radius 3 is 2.46 bits per heavy atom. The van der Waals surface area contributed by atoms with Crippen molar-refractivity contribution in [2.45, 2.75) is 32.0 Å². The van der Waals surface area contributed by atoms with Crippen molar-refractivity contribution in [3.63, 3.8) is 0 Å². The first-order chi connectivity index (χ1) is 13.3. The number of aryl methyl sites for hydroxylation is 2. The first-order valence-electron chi connectivity index (χ1n) is 9.45. The molecule has 1 fully saturated rings. The zero-order valence-electron chi connectivity index (χ0n) is 16.0. The lowest BCUT2D eigenvalue weighted by molar-refractivity contribution is -0.137. The lowest BCUT2D eigenvalue weighted by Gasteiger charge is -2.22. The number of rotatable bonds is 5. The Labute approximate surface area is 162 Å². The molecule has 0 atom stereocenters. The average molecular weight is 394 g/mol. The van der Waals surface area contributed by atoms with Gasteiger partial charge in [-0.3, -0.25) is 14.4 Å². The van der Waals surface area contributed by atoms with Gasteiger partial charge < -0.3 is 4.90 Å². The van der Waals surface area contributed by atoms with Gasteiger partial charge in [0.05, 0.1) is 11.8 Å². The molecule has 28 heavy (non-hydrogen) atoms. The van der Waals surface area contributed by atoms with E-state index < -0.39 is 11.7 Å². The van der Waals surface area contributed by atoms with E-state index in [-0.39, 0.29) is 5.91 Å². The molecule has 1 aromatic carbocycles. The second kappa shape index (κ2) is 8.77. The van der Waals surface area contributed by atoms with Crippen LogP contribution >= 0.6 is 0 Å². The molecule has 1 amide bonds. The fourth-order valence-electron chi connectivity index (χ4n) is 3.45. The van der Waals surface area contributed by atoms with E-state index in [1.54, 1.807) is 10.9 Å². The lowest BCUT2D eigenvalue weighted by Crippen LogP contribution is -2.35. The summed E-state index contributed by atoms with van der Waals surface area (Å²) < 4.78 is 39.7. The molecule has 0 spiro atoms. The normalized spacial score (nSPS) is 16.2. The highest BCUT2D eigenvalue weighted by Crippen LogP contribution is 2.29. The standard InChI is InChI=1S/C20H25F3N4O/c1-25-14-17(13-24-25)5-8-19(28)27-10-2-9-26(11-12-27)15-16-3-6-18(7-4-16)20(21,22)23/h3-4,6-7,13-14H,2,5,8-12,15H2,1H3. The van der Waals surface area contributed by atoms with Crippen LogP contribution in [0.1, 0.15) is 29.5 Å². The summed E-state index contributed by atoms with van der Waals surface area (Å²) in [7, 11) is 1.85. The van der Waals surface area contributed by atoms with Gasteiger partial charge in [0.15, 0.2) is 0 Å². The maximum absolute atomic E-state index is 12.7. The minimum Gasteiger partial charge on any atom is -0.341 e. The summed E-state index contributed by atoms with van der Waals surface area (Å²) in [6.07, 6.45) is 1.39. The largest absolute Gasteiger partial charge is 0.416 e. The van der Waals surface area contributed by atoms with Crippen LogP contribution in [0.4, 0.5) is 13.2 Å². The quantitative estimate of drug-likeness (QED) is 0.783. The van der Waals surface area contributed by atoms with Crippen LogP contribution in [0.5, 0.6) is 0 Å². The summed E-state index contributed by atoms with van der Waals surface area (Å²) in [6.45, 7) is 3.50. The summed E-state index contributed by atoms with van der Waals surface area (Å²) >= 11 is 0. The molecule has 1 aromatic heterocycles. The van der Waals surface area contributed by atoms with E-state index in [9.17, 15) is 18.0 Å². The molecule has 1 aliphatic rings. The van der Waals surface area contributed by atoms with Crippen LogP contribution in [0.25, 0.3) is 0 Å². The molecule has 5 nitrogen and oxygen atoms in total. The van der Waals surface area contributed by atoms with Crippen molar-refractivity contribution < 1.29 is 18.0 Å². The van der Waals surface area contributed by atoms with E-state index >= 15 is 0 Å². The van der Waals surface area contributed by atoms with Crippen LogP contribution in [0.15, 0.2) is 36.7 Å². The van der Waals surface area contributed by atoms with Crippen LogP contribution in [-0.4, -0.2) is 51.7 Å². The molecule has 1 aliphatic heterocycles. The Morgan fingerprint density at radius 1 is 1.07 bits per heavy atom. The van der Waals surface area contributed by atoms with E-state index in [0.717, 1.165) is 49.3 Å². The maximum atomic E-state index is 12.7. The van der Waals surface area contributed by atoms with Crippen molar-refractivity contribution in [2.75, 3.05) is 26.2 Å². The third-order valence-corrected chi connectivity index (χ3v) is 5.01. The zero-order valence-corrected chi connectivity index (χ0v) is 16.0. The molecule has 8 heteroatoms. The number of carbonyl (C=O) groups excluding carboxylic acids is 1. The highest BCUT2D eigenvalue weighted by atomic mass is 19.4. The van der Waals surface area contributed by atoms with Crippen molar-refractivity contribution in [1.29, 1.82) is 0 Å². The van der Waals surface area contributed by atoms with Gasteiger partial charge in [0.25, 0.3) is 0 Å². The Kier molecular flexibility index (Phi) is 6.39. The molecule has 0 N–H and O–H groups in total. The predicted molar refractivity (Wildman–Crippen MR) is 99.4 cm³/mol. The Morgan fingerprint density at radius 2 is 1.82 bits per heavy atom. The zero-order chi connectivity index (χ0) is 20.1. The van der Waals surface area contributed by atoms with Crippen LogP contribution in [0.2, 0.25) is 0 Å². The van der Waals surface area contributed by atoms with Gasteiger partial charge in [-0.25, -0.2) is 0 Å². The van der Waals surface area contributed by atoms with E-state index in [1.807, 2.05) is 18.1 Å². The monoisotopic (exact) mass is 394 g/mol. The molecule has 0 unspecified atom stereocenters. The number of amides is 1. The number of hydrogen-bond donors (Lipinski definition) is 0. The van der Waals surface area contributed by atoms with Gasteiger partial charge in [0.1, 0.15) is 0 Å². The van der Waals surface area contributed by atoms with E-state index in [1.165, 1.54) is 12.1 Å². The van der Waals surface area contributed by atoms with E-state index in [4.69, 9.17) is 0 Å². The molecule has 0 aliphatic carbocycles. The molecule has 152 valence electrons. The molecule has 2 aromatic rings. The number of hydrogen-bond acceptors (Lipinski definition) is 3. The highest BCUT2D eigenvalue weighted by molar-refractivity contribution is 5.76. The predicted octanol–water partition coefficient (Wildman–Crippen LogP) is 3.11. The number of nitrogens with zero attached hydrogens (tertiary/aromatic N) is 4. The highest BCUT2D eigenvalue weighted by Gasteiger charge is 2.30. The average Bonchev–Trinajstić information content (AvgIpc) is 2.92. The smallest absolute Gasteiger partial charge is 0.341 e. The van der Waals surface area contributed by atoms with Gasteiger partial charge in [-0.1, -0.05) is 12.1 Å². The minimum atomic E-state index is -4.31. The van der Waals surface area contributed by atoms with Crippen molar-refractivity contribution >= 4 is 5.91 Å². The minimum absolute atomic E-state index is 0.139. The van der Waals surface area contributed by atoms with Crippen LogP contribution in [0.3, 0.4) is 0 Å². The molecular weight excluding hydrogens is 369 g/mol. The maximum Gasteiger partial charge on any atom is 0.416 e. The fraction of sp³-hybridized carbons (Fsp3) is 0.500. The summed E-state index contributed by atoms with van der Waals surface area (Å²) in [5.41, 5.74) is 1.27. The van der Waals surface area contributed by atoms with Gasteiger partial charge >= 0.3 is 6.18 Å². The number of carbonyl (C=O) groups is 1. The second-order valence-electron chi connectivity index (χ2n) is 7.23. The Hall–Kier alpha value is -2.35. The van der Waals surface area contributed by atoms with Gasteiger partial charge in [-0.2, -0.15) is 18.3 Å². The van der Waals surface area contributed by atoms with Gasteiger partial charge in [0, 0.05) is 52.4 Å². The molecule has 2 heterocycles. The Balaban J connectivity index is 1.48. The third-order valence-electron chi connectivity index (χ3n) is 5.01. The summed E-state index contributed by atoms with van der Waals surface area (Å²) in [5.74, 6) is 0.139. The van der Waals surface area contributed by atoms with Gasteiger partial charge in [0.2, 0.25) is 5.91 Å². The van der Waals surface area contributed by atoms with Gasteiger partial charge in [-0.05, 0) is 36.1 Å². The first-order valence-corrected chi connectivity index (χ1v) is 9.45. The number of halogens is 3. The Bertz CT molecular complexity index is 785. The number of alkyl halides is 3. The van der Waals surface area contributed by atoms with Crippen LogP contribution in [0, 0.1) is 0 Å². The molecule has 0 bridgehead atoms. The summed E-state index contributed by atoms with van der Waals surface area (Å²) in [5, 5.41) is 4.11. The van der Waals surface area contributed by atoms with Crippen molar-refractivity contribution in [3.05, 3.63) is 53.3 Å². The number of aromatic nitrogens is 2. The topological polar surface area (TPSA) is 41.4 Å². The SMILES string of the molecule is Cn1cc(CCC(=O)N2CCCN(Cc3ccc(C(F)(F)F)cc3)CC2)cn1. The molecule has 3 rings (SSSR count). The first kappa shape index (κ1) is 20.4. The summed E-state index contributed by atoms with van der Waals surface area (Å²) in [4.78, 5) is 16.6. The molecule has 0 radical (unpaired) electrons. The third kappa shape index (κ3) is 5.58. The van der Waals surface area contributed by atoms with Crippen LogP contribution < -0.4 is 0 Å². The summed E-state index contributed by atoms with van der Waals surface area (Å²) in [6, 6.07) is 5.32. The molecular formula is C20H25F3N4O. The van der Waals surface area contributed by atoms with Gasteiger partial charge in [-0.15, -0.1) is 0 Å². The fourth-order valence-corrected chi connectivity index (χ4v) is 3.45. The molecule has 0 saturated carbocycles. The molecule has 1 saturated heterocycles. The lowest BCUT2D eigenvalue weighted by atomic mass is 10.1. The van der Waals surface area contributed by atoms with E-state index in [0.29, 0.717) is 25.9 Å². The van der Waals surface area contributed by atoms with E-state index in [2.05, 4.69) is 10.00 Å². The van der Waals surface area contributed by atoms with Crippen LogP contribution in [-0.2, 0) is 31.0 Å².